The van der Waals surface area contributed by atoms with Crippen molar-refractivity contribution in [3.8, 4) is 5.75 Å². The summed E-state index contributed by atoms with van der Waals surface area (Å²) >= 11 is 0. The van der Waals surface area contributed by atoms with Gasteiger partial charge in [-0.1, -0.05) is 60.7 Å². The van der Waals surface area contributed by atoms with E-state index in [1.807, 2.05) is 18.2 Å². The number of piperazine rings is 1. The maximum Gasteiger partial charge on any atom is 0.121 e. The van der Waals surface area contributed by atoms with Gasteiger partial charge in [0.25, 0.3) is 0 Å². The molecule has 25 heavy (non-hydrogen) atoms. The second-order valence-electron chi connectivity index (χ2n) is 6.87. The third-order valence-corrected chi connectivity index (χ3v) is 5.24. The van der Waals surface area contributed by atoms with Crippen molar-refractivity contribution in [2.75, 3.05) is 33.2 Å². The van der Waals surface area contributed by atoms with Crippen molar-refractivity contribution in [2.24, 2.45) is 0 Å². The molecule has 0 saturated carbocycles. The van der Waals surface area contributed by atoms with Gasteiger partial charge in [0.15, 0.2) is 0 Å². The van der Waals surface area contributed by atoms with E-state index >= 15 is 0 Å². The number of phenols is 1. The summed E-state index contributed by atoms with van der Waals surface area (Å²) in [5.41, 5.74) is 2.26. The summed E-state index contributed by atoms with van der Waals surface area (Å²) < 4.78 is 0. The van der Waals surface area contributed by atoms with Crippen molar-refractivity contribution in [1.82, 2.24) is 9.80 Å². The van der Waals surface area contributed by atoms with Crippen LogP contribution >= 0.6 is 0 Å². The van der Waals surface area contributed by atoms with Gasteiger partial charge in [0.2, 0.25) is 0 Å². The van der Waals surface area contributed by atoms with Crippen LogP contribution in [0.15, 0.2) is 66.7 Å². The number of rotatable bonds is 3. The fourth-order valence-corrected chi connectivity index (χ4v) is 3.85. The molecular weight excluding hydrogens is 308 g/mol. The van der Waals surface area contributed by atoms with E-state index in [0.29, 0.717) is 5.75 Å². The zero-order valence-corrected chi connectivity index (χ0v) is 14.6. The fourth-order valence-electron chi connectivity index (χ4n) is 3.85. The standard InChI is InChI=1S/C22H24N2O/c1-23-13-15-24(16-14-23)22(18-8-3-2-4-9-18)21-19-10-6-5-7-17(19)11-12-20(21)25/h2-12,22,25H,13-16H2,1H3. The second kappa shape index (κ2) is 6.87. The number of benzene rings is 3. The van der Waals surface area contributed by atoms with Gasteiger partial charge in [-0.2, -0.15) is 0 Å². The molecule has 128 valence electrons. The highest BCUT2D eigenvalue weighted by molar-refractivity contribution is 5.88. The zero-order valence-electron chi connectivity index (χ0n) is 14.6. The number of hydrogen-bond acceptors (Lipinski definition) is 3. The Hall–Kier alpha value is -2.36. The van der Waals surface area contributed by atoms with Crippen LogP contribution in [-0.4, -0.2) is 48.1 Å². The minimum Gasteiger partial charge on any atom is -0.508 e. The molecule has 3 aromatic carbocycles. The Bertz CT molecular complexity index is 854. The predicted octanol–water partition coefficient (Wildman–Crippen LogP) is 3.88. The van der Waals surface area contributed by atoms with Crippen LogP contribution in [0.5, 0.6) is 5.75 Å². The molecule has 1 atom stereocenters. The van der Waals surface area contributed by atoms with Gasteiger partial charge in [0, 0.05) is 31.7 Å². The molecular formula is C22H24N2O. The van der Waals surface area contributed by atoms with E-state index in [1.54, 1.807) is 0 Å². The average Bonchev–Trinajstić information content (AvgIpc) is 2.66. The molecule has 4 rings (SSSR count). The lowest BCUT2D eigenvalue weighted by Gasteiger charge is -2.39. The highest BCUT2D eigenvalue weighted by Gasteiger charge is 2.28. The normalized spacial score (nSPS) is 17.6. The van der Waals surface area contributed by atoms with Crippen molar-refractivity contribution in [1.29, 1.82) is 0 Å². The minimum absolute atomic E-state index is 0.0704. The lowest BCUT2D eigenvalue weighted by Crippen LogP contribution is -2.46. The van der Waals surface area contributed by atoms with Crippen LogP contribution in [0.25, 0.3) is 10.8 Å². The number of aromatic hydroxyl groups is 1. The first-order valence-corrected chi connectivity index (χ1v) is 8.92. The highest BCUT2D eigenvalue weighted by atomic mass is 16.3. The summed E-state index contributed by atoms with van der Waals surface area (Å²) in [6, 6.07) is 22.8. The Morgan fingerprint density at radius 1 is 0.800 bits per heavy atom. The maximum absolute atomic E-state index is 10.8. The molecule has 0 amide bonds. The summed E-state index contributed by atoms with van der Waals surface area (Å²) in [6.45, 7) is 4.10. The minimum atomic E-state index is 0.0704. The van der Waals surface area contributed by atoms with Gasteiger partial charge in [0.05, 0.1) is 6.04 Å². The summed E-state index contributed by atoms with van der Waals surface area (Å²) in [6.07, 6.45) is 0. The third-order valence-electron chi connectivity index (χ3n) is 5.24. The molecule has 0 spiro atoms. The van der Waals surface area contributed by atoms with Gasteiger partial charge in [-0.15, -0.1) is 0 Å². The van der Waals surface area contributed by atoms with Gasteiger partial charge in [-0.25, -0.2) is 0 Å². The molecule has 1 saturated heterocycles. The Morgan fingerprint density at radius 2 is 1.48 bits per heavy atom. The molecule has 0 bridgehead atoms. The molecule has 3 aromatic rings. The monoisotopic (exact) mass is 332 g/mol. The highest BCUT2D eigenvalue weighted by Crippen LogP contribution is 2.39. The average molecular weight is 332 g/mol. The SMILES string of the molecule is CN1CCN(C(c2ccccc2)c2c(O)ccc3ccccc23)CC1. The number of fused-ring (bicyclic) bond motifs is 1. The Balaban J connectivity index is 1.88. The van der Waals surface area contributed by atoms with E-state index < -0.39 is 0 Å². The maximum atomic E-state index is 10.8. The molecule has 3 nitrogen and oxygen atoms in total. The molecule has 0 aliphatic carbocycles. The molecule has 0 aromatic heterocycles. The van der Waals surface area contributed by atoms with Crippen molar-refractivity contribution in [3.05, 3.63) is 77.9 Å². The molecule has 1 heterocycles. The summed E-state index contributed by atoms with van der Waals surface area (Å²) in [5, 5.41) is 13.1. The van der Waals surface area contributed by atoms with Gasteiger partial charge < -0.3 is 10.0 Å². The third kappa shape index (κ3) is 3.13. The van der Waals surface area contributed by atoms with Crippen LogP contribution < -0.4 is 0 Å². The van der Waals surface area contributed by atoms with Crippen LogP contribution in [0.2, 0.25) is 0 Å². The van der Waals surface area contributed by atoms with Crippen LogP contribution in [0.4, 0.5) is 0 Å². The van der Waals surface area contributed by atoms with Crippen LogP contribution in [-0.2, 0) is 0 Å². The van der Waals surface area contributed by atoms with Crippen molar-refractivity contribution in [2.45, 2.75) is 6.04 Å². The number of likely N-dealkylation sites (N-methyl/N-ethyl adjacent to an activating group) is 1. The van der Waals surface area contributed by atoms with E-state index in [0.717, 1.165) is 37.1 Å². The predicted molar refractivity (Wildman–Crippen MR) is 103 cm³/mol. The quantitative estimate of drug-likeness (QED) is 0.788. The van der Waals surface area contributed by atoms with E-state index in [2.05, 4.69) is 65.4 Å². The van der Waals surface area contributed by atoms with Crippen LogP contribution in [0.3, 0.4) is 0 Å². The molecule has 0 radical (unpaired) electrons. The van der Waals surface area contributed by atoms with Crippen LogP contribution in [0, 0.1) is 0 Å². The number of phenolic OH excluding ortho intramolecular Hbond substituents is 1. The second-order valence-corrected chi connectivity index (χ2v) is 6.87. The topological polar surface area (TPSA) is 26.7 Å². The lowest BCUT2D eigenvalue weighted by atomic mass is 9.91. The molecule has 3 heteroatoms. The van der Waals surface area contributed by atoms with E-state index in [4.69, 9.17) is 0 Å². The number of hydrogen-bond donors (Lipinski definition) is 1. The van der Waals surface area contributed by atoms with Crippen molar-refractivity contribution >= 4 is 10.8 Å². The first-order chi connectivity index (χ1) is 12.2. The molecule has 1 N–H and O–H groups in total. The van der Waals surface area contributed by atoms with Gasteiger partial charge in [-0.05, 0) is 29.4 Å². The Kier molecular flexibility index (Phi) is 4.43. The first-order valence-electron chi connectivity index (χ1n) is 8.92. The largest absolute Gasteiger partial charge is 0.508 e. The smallest absolute Gasteiger partial charge is 0.121 e. The van der Waals surface area contributed by atoms with Crippen molar-refractivity contribution in [3.63, 3.8) is 0 Å². The van der Waals surface area contributed by atoms with E-state index in [1.165, 1.54) is 10.9 Å². The van der Waals surface area contributed by atoms with E-state index in [9.17, 15) is 5.11 Å². The fraction of sp³-hybridized carbons (Fsp3) is 0.273. The summed E-state index contributed by atoms with van der Waals surface area (Å²) in [5.74, 6) is 0.381. The number of nitrogens with zero attached hydrogens (tertiary/aromatic N) is 2. The van der Waals surface area contributed by atoms with E-state index in [-0.39, 0.29) is 6.04 Å². The van der Waals surface area contributed by atoms with Crippen molar-refractivity contribution < 1.29 is 5.11 Å². The summed E-state index contributed by atoms with van der Waals surface area (Å²) in [7, 11) is 2.17. The lowest BCUT2D eigenvalue weighted by molar-refractivity contribution is 0.126. The molecule has 1 aliphatic heterocycles. The Morgan fingerprint density at radius 3 is 2.24 bits per heavy atom. The van der Waals surface area contributed by atoms with Gasteiger partial charge >= 0.3 is 0 Å². The van der Waals surface area contributed by atoms with Gasteiger partial charge in [0.1, 0.15) is 5.75 Å². The van der Waals surface area contributed by atoms with Crippen LogP contribution in [0.1, 0.15) is 17.2 Å². The molecule has 1 unspecified atom stereocenters. The van der Waals surface area contributed by atoms with Gasteiger partial charge in [-0.3, -0.25) is 4.90 Å². The molecule has 1 fully saturated rings. The zero-order chi connectivity index (χ0) is 17.2. The summed E-state index contributed by atoms with van der Waals surface area (Å²) in [4.78, 5) is 4.86. The molecule has 1 aliphatic rings. The first kappa shape index (κ1) is 16.1. The Labute approximate surface area is 149 Å².